The number of halogens is 4. The fourth-order valence-corrected chi connectivity index (χ4v) is 1.49. The summed E-state index contributed by atoms with van der Waals surface area (Å²) in [5, 5.41) is 17.4. The van der Waals surface area contributed by atoms with Crippen molar-refractivity contribution in [2.24, 2.45) is 0 Å². The molecule has 0 atom stereocenters. The Morgan fingerprint density at radius 3 is 1.72 bits per heavy atom. The van der Waals surface area contributed by atoms with E-state index in [1.54, 1.807) is 0 Å². The lowest BCUT2D eigenvalue weighted by Gasteiger charge is -2.24. The second-order valence-corrected chi connectivity index (χ2v) is 4.35. The van der Waals surface area contributed by atoms with Gasteiger partial charge in [-0.1, -0.05) is 13.8 Å². The first-order chi connectivity index (χ1) is 8.15. The molecule has 2 N–H and O–H groups in total. The molecule has 0 fully saturated rings. The number of carboxylic acid groups (broad SMARTS) is 1. The van der Waals surface area contributed by atoms with Gasteiger partial charge in [0.25, 0.3) is 0 Å². The summed E-state index contributed by atoms with van der Waals surface area (Å²) in [6, 6.07) is 0. The Morgan fingerprint density at radius 1 is 1.06 bits per heavy atom. The minimum absolute atomic E-state index is 0.772. The summed E-state index contributed by atoms with van der Waals surface area (Å²) >= 11 is 0. The molecule has 0 aliphatic heterocycles. The van der Waals surface area contributed by atoms with Gasteiger partial charge in [0, 0.05) is 11.0 Å². The molecule has 1 aromatic carbocycles. The predicted octanol–water partition coefficient (Wildman–Crippen LogP) is 2.21. The maximum absolute atomic E-state index is 13.6. The Labute approximate surface area is 99.7 Å². The quantitative estimate of drug-likeness (QED) is 0.651. The van der Waals surface area contributed by atoms with Gasteiger partial charge in [0.15, 0.2) is 23.3 Å². The van der Waals surface area contributed by atoms with Crippen LogP contribution >= 0.6 is 0 Å². The van der Waals surface area contributed by atoms with Crippen LogP contribution in [-0.2, 0) is 5.41 Å². The van der Waals surface area contributed by atoms with Crippen molar-refractivity contribution in [2.45, 2.75) is 19.3 Å². The molecule has 0 spiro atoms. The number of benzene rings is 1. The summed E-state index contributed by atoms with van der Waals surface area (Å²) in [5.41, 5.74) is -4.31. The van der Waals surface area contributed by atoms with E-state index < -0.39 is 52.4 Å². The molecule has 0 amide bonds. The standard InChI is InChI=1S/C11H10F4O3/c1-11(2,3-16)5-8(14)6(12)4(10(17)18)7(13)9(5)15/h16H,3H2,1-2H3,(H,17,18). The van der Waals surface area contributed by atoms with Crippen LogP contribution in [0.4, 0.5) is 17.6 Å². The van der Waals surface area contributed by atoms with Crippen LogP contribution in [0.15, 0.2) is 0 Å². The number of hydrogen-bond acceptors (Lipinski definition) is 2. The fourth-order valence-electron chi connectivity index (χ4n) is 1.49. The monoisotopic (exact) mass is 266 g/mol. The van der Waals surface area contributed by atoms with Gasteiger partial charge in [-0.05, 0) is 0 Å². The highest BCUT2D eigenvalue weighted by Crippen LogP contribution is 2.32. The van der Waals surface area contributed by atoms with Crippen molar-refractivity contribution < 1.29 is 32.6 Å². The van der Waals surface area contributed by atoms with Crippen molar-refractivity contribution in [1.82, 2.24) is 0 Å². The molecule has 0 bridgehead atoms. The summed E-state index contributed by atoms with van der Waals surface area (Å²) in [7, 11) is 0. The van der Waals surface area contributed by atoms with Crippen molar-refractivity contribution in [3.8, 4) is 0 Å². The van der Waals surface area contributed by atoms with Crippen LogP contribution in [-0.4, -0.2) is 22.8 Å². The lowest BCUT2D eigenvalue weighted by Crippen LogP contribution is -2.28. The van der Waals surface area contributed by atoms with E-state index in [1.165, 1.54) is 0 Å². The van der Waals surface area contributed by atoms with Crippen LogP contribution in [0.25, 0.3) is 0 Å². The molecule has 0 aliphatic rings. The van der Waals surface area contributed by atoms with Crippen molar-refractivity contribution in [2.75, 3.05) is 6.61 Å². The minimum atomic E-state index is -2.11. The smallest absolute Gasteiger partial charge is 0.341 e. The zero-order valence-corrected chi connectivity index (χ0v) is 9.52. The van der Waals surface area contributed by atoms with Crippen LogP contribution in [0.3, 0.4) is 0 Å². The number of rotatable bonds is 3. The van der Waals surface area contributed by atoms with Gasteiger partial charge in [-0.2, -0.15) is 0 Å². The maximum atomic E-state index is 13.6. The minimum Gasteiger partial charge on any atom is -0.477 e. The van der Waals surface area contributed by atoms with Crippen molar-refractivity contribution in [3.63, 3.8) is 0 Å². The third-order valence-corrected chi connectivity index (χ3v) is 2.55. The molecule has 0 saturated heterocycles. The highest BCUT2D eigenvalue weighted by atomic mass is 19.2. The van der Waals surface area contributed by atoms with Crippen molar-refractivity contribution in [1.29, 1.82) is 0 Å². The van der Waals surface area contributed by atoms with Gasteiger partial charge in [0.05, 0.1) is 6.61 Å². The maximum Gasteiger partial charge on any atom is 0.341 e. The SMILES string of the molecule is CC(C)(CO)c1c(F)c(F)c(C(=O)O)c(F)c1F. The van der Waals surface area contributed by atoms with Crippen LogP contribution in [0.2, 0.25) is 0 Å². The normalized spacial score (nSPS) is 11.7. The van der Waals surface area contributed by atoms with Crippen LogP contribution in [0.1, 0.15) is 29.8 Å². The Hall–Kier alpha value is -1.63. The van der Waals surface area contributed by atoms with E-state index >= 15 is 0 Å². The first-order valence-corrected chi connectivity index (χ1v) is 4.85. The predicted molar refractivity (Wildman–Crippen MR) is 53.3 cm³/mol. The molecule has 3 nitrogen and oxygen atoms in total. The summed E-state index contributed by atoms with van der Waals surface area (Å²) in [6.07, 6.45) is 0. The largest absolute Gasteiger partial charge is 0.477 e. The Bertz CT molecular complexity index is 482. The zero-order chi connectivity index (χ0) is 14.2. The first kappa shape index (κ1) is 14.4. The summed E-state index contributed by atoms with van der Waals surface area (Å²) in [4.78, 5) is 10.5. The molecule has 18 heavy (non-hydrogen) atoms. The number of aliphatic hydroxyl groups excluding tert-OH is 1. The van der Waals surface area contributed by atoms with E-state index in [9.17, 15) is 22.4 Å². The molecule has 0 heterocycles. The molecular weight excluding hydrogens is 256 g/mol. The fraction of sp³-hybridized carbons (Fsp3) is 0.364. The summed E-state index contributed by atoms with van der Waals surface area (Å²) in [5.74, 6) is -9.72. The summed E-state index contributed by atoms with van der Waals surface area (Å²) in [6.45, 7) is 1.55. The topological polar surface area (TPSA) is 57.5 Å². The molecule has 0 aliphatic carbocycles. The van der Waals surface area contributed by atoms with Gasteiger partial charge in [-0.15, -0.1) is 0 Å². The molecule has 1 aromatic rings. The van der Waals surface area contributed by atoms with E-state index in [0.717, 1.165) is 13.8 Å². The number of aromatic carboxylic acids is 1. The van der Waals surface area contributed by atoms with Gasteiger partial charge >= 0.3 is 5.97 Å². The molecule has 0 unspecified atom stereocenters. The average Bonchev–Trinajstić information content (AvgIpc) is 2.26. The highest BCUT2D eigenvalue weighted by Gasteiger charge is 2.35. The zero-order valence-electron chi connectivity index (χ0n) is 9.52. The molecule has 0 saturated carbocycles. The molecule has 100 valence electrons. The average molecular weight is 266 g/mol. The van der Waals surface area contributed by atoms with Gasteiger partial charge in [-0.25, -0.2) is 22.4 Å². The second kappa shape index (κ2) is 4.56. The molecule has 0 radical (unpaired) electrons. The second-order valence-electron chi connectivity index (χ2n) is 4.35. The van der Waals surface area contributed by atoms with Crippen LogP contribution in [0.5, 0.6) is 0 Å². The van der Waals surface area contributed by atoms with E-state index in [4.69, 9.17) is 10.2 Å². The van der Waals surface area contributed by atoms with Gasteiger partial charge < -0.3 is 10.2 Å². The number of hydrogen-bond donors (Lipinski definition) is 2. The van der Waals surface area contributed by atoms with Crippen LogP contribution < -0.4 is 0 Å². The van der Waals surface area contributed by atoms with E-state index in [1.807, 2.05) is 0 Å². The molecule has 1 rings (SSSR count). The van der Waals surface area contributed by atoms with Crippen LogP contribution in [0, 0.1) is 23.3 Å². The molecule has 7 heteroatoms. The van der Waals surface area contributed by atoms with E-state index in [2.05, 4.69) is 0 Å². The molecule has 0 aromatic heterocycles. The first-order valence-electron chi connectivity index (χ1n) is 4.85. The Balaban J connectivity index is 3.75. The number of carboxylic acids is 1. The number of carbonyl (C=O) groups is 1. The van der Waals surface area contributed by atoms with E-state index in [0.29, 0.717) is 0 Å². The van der Waals surface area contributed by atoms with Gasteiger partial charge in [0.2, 0.25) is 0 Å². The van der Waals surface area contributed by atoms with Crippen molar-refractivity contribution >= 4 is 5.97 Å². The third kappa shape index (κ3) is 2.05. The van der Waals surface area contributed by atoms with Gasteiger partial charge in [0.1, 0.15) is 5.56 Å². The van der Waals surface area contributed by atoms with Crippen molar-refractivity contribution in [3.05, 3.63) is 34.4 Å². The lowest BCUT2D eigenvalue weighted by molar-refractivity contribution is 0.0683. The summed E-state index contributed by atoms with van der Waals surface area (Å²) < 4.78 is 53.9. The molecular formula is C11H10F4O3. The van der Waals surface area contributed by atoms with E-state index in [-0.39, 0.29) is 0 Å². The Kier molecular flexibility index (Phi) is 3.66. The number of aliphatic hydroxyl groups is 1. The van der Waals surface area contributed by atoms with Gasteiger partial charge in [-0.3, -0.25) is 0 Å². The Morgan fingerprint density at radius 2 is 1.44 bits per heavy atom. The third-order valence-electron chi connectivity index (χ3n) is 2.55. The lowest BCUT2D eigenvalue weighted by atomic mass is 9.84. The highest BCUT2D eigenvalue weighted by molar-refractivity contribution is 5.88.